The Balaban J connectivity index is 1.62. The molecule has 2 atom stereocenters. The van der Waals surface area contributed by atoms with Gasteiger partial charge in [-0.3, -0.25) is 0 Å². The molecule has 112 valence electrons. The third-order valence-corrected chi connectivity index (χ3v) is 5.18. The Morgan fingerprint density at radius 1 is 1.05 bits per heavy atom. The molecule has 2 rings (SSSR count). The number of rotatable bonds is 7. The molecule has 1 aliphatic carbocycles. The molecule has 2 fully saturated rings. The summed E-state index contributed by atoms with van der Waals surface area (Å²) in [6, 6.07) is 1.66. The zero-order chi connectivity index (χ0) is 13.7. The smallest absolute Gasteiger partial charge is 0.00682 e. The topological polar surface area (TPSA) is 15.3 Å². The second-order valence-electron chi connectivity index (χ2n) is 7.19. The molecule has 2 aliphatic rings. The minimum atomic E-state index is 0.784. The molecule has 0 aromatic heterocycles. The van der Waals surface area contributed by atoms with Crippen molar-refractivity contribution in [3.8, 4) is 0 Å². The second kappa shape index (κ2) is 7.64. The maximum atomic E-state index is 3.63. The number of hydrogen-bond acceptors (Lipinski definition) is 2. The Kier molecular flexibility index (Phi) is 6.15. The van der Waals surface area contributed by atoms with E-state index in [1.165, 1.54) is 64.6 Å². The Morgan fingerprint density at radius 3 is 2.53 bits per heavy atom. The number of hydrogen-bond donors (Lipinski definition) is 1. The summed E-state index contributed by atoms with van der Waals surface area (Å²) < 4.78 is 0. The van der Waals surface area contributed by atoms with Crippen LogP contribution in [-0.2, 0) is 0 Å². The van der Waals surface area contributed by atoms with Crippen LogP contribution in [0, 0.1) is 11.8 Å². The molecule has 2 heteroatoms. The van der Waals surface area contributed by atoms with Crippen LogP contribution in [0.3, 0.4) is 0 Å². The van der Waals surface area contributed by atoms with Crippen LogP contribution >= 0.6 is 0 Å². The van der Waals surface area contributed by atoms with Crippen LogP contribution in [-0.4, -0.2) is 36.6 Å². The van der Waals surface area contributed by atoms with E-state index in [2.05, 4.69) is 31.0 Å². The summed E-state index contributed by atoms with van der Waals surface area (Å²) in [5, 5.41) is 3.63. The maximum Gasteiger partial charge on any atom is 0.00682 e. The van der Waals surface area contributed by atoms with E-state index in [-0.39, 0.29) is 0 Å². The standard InChI is InChI=1S/C17H34N2/c1-14(2)16-7-5-12-19(13-10-16)15(3)6-4-11-18-17-8-9-17/h14-18H,4-13H2,1-3H3. The summed E-state index contributed by atoms with van der Waals surface area (Å²) in [6.07, 6.45) is 9.82. The average molecular weight is 266 g/mol. The van der Waals surface area contributed by atoms with Crippen molar-refractivity contribution in [3.63, 3.8) is 0 Å². The fraction of sp³-hybridized carbons (Fsp3) is 1.00. The third kappa shape index (κ3) is 5.43. The first-order chi connectivity index (χ1) is 9.16. The first-order valence-corrected chi connectivity index (χ1v) is 8.64. The molecule has 0 aromatic rings. The minimum absolute atomic E-state index is 0.784. The molecule has 1 aliphatic heterocycles. The van der Waals surface area contributed by atoms with Crippen LogP contribution in [0.25, 0.3) is 0 Å². The van der Waals surface area contributed by atoms with Gasteiger partial charge in [0, 0.05) is 12.1 Å². The van der Waals surface area contributed by atoms with Gasteiger partial charge in [-0.1, -0.05) is 13.8 Å². The van der Waals surface area contributed by atoms with Crippen molar-refractivity contribution in [1.82, 2.24) is 10.2 Å². The zero-order valence-electron chi connectivity index (χ0n) is 13.3. The minimum Gasteiger partial charge on any atom is -0.314 e. The van der Waals surface area contributed by atoms with E-state index in [0.29, 0.717) is 0 Å². The van der Waals surface area contributed by atoms with Crippen molar-refractivity contribution < 1.29 is 0 Å². The Bertz CT molecular complexity index is 248. The highest BCUT2D eigenvalue weighted by molar-refractivity contribution is 4.81. The summed E-state index contributed by atoms with van der Waals surface area (Å²) in [5.41, 5.74) is 0. The Hall–Kier alpha value is -0.0800. The van der Waals surface area contributed by atoms with Crippen molar-refractivity contribution >= 4 is 0 Å². The zero-order valence-corrected chi connectivity index (χ0v) is 13.3. The molecule has 2 nitrogen and oxygen atoms in total. The molecule has 0 radical (unpaired) electrons. The van der Waals surface area contributed by atoms with E-state index in [1.807, 2.05) is 0 Å². The van der Waals surface area contributed by atoms with E-state index >= 15 is 0 Å². The van der Waals surface area contributed by atoms with Crippen LogP contribution in [0.1, 0.15) is 65.7 Å². The van der Waals surface area contributed by atoms with E-state index in [0.717, 1.165) is 23.9 Å². The molecule has 0 amide bonds. The quantitative estimate of drug-likeness (QED) is 0.707. The first kappa shape index (κ1) is 15.3. The van der Waals surface area contributed by atoms with Crippen molar-refractivity contribution in [1.29, 1.82) is 0 Å². The summed E-state index contributed by atoms with van der Waals surface area (Å²) in [4.78, 5) is 2.75. The van der Waals surface area contributed by atoms with E-state index < -0.39 is 0 Å². The van der Waals surface area contributed by atoms with Gasteiger partial charge in [-0.2, -0.15) is 0 Å². The normalized spacial score (nSPS) is 27.5. The van der Waals surface area contributed by atoms with Crippen LogP contribution in [0.2, 0.25) is 0 Å². The highest BCUT2D eigenvalue weighted by Gasteiger charge is 2.23. The van der Waals surface area contributed by atoms with Gasteiger partial charge in [0.15, 0.2) is 0 Å². The van der Waals surface area contributed by atoms with Crippen molar-refractivity contribution in [3.05, 3.63) is 0 Å². The summed E-state index contributed by atoms with van der Waals surface area (Å²) >= 11 is 0. The Labute approximate surface area is 120 Å². The van der Waals surface area contributed by atoms with Crippen molar-refractivity contribution in [2.45, 2.75) is 77.8 Å². The number of likely N-dealkylation sites (tertiary alicyclic amines) is 1. The van der Waals surface area contributed by atoms with Gasteiger partial charge < -0.3 is 10.2 Å². The first-order valence-electron chi connectivity index (χ1n) is 8.64. The molecule has 1 saturated carbocycles. The predicted molar refractivity (Wildman–Crippen MR) is 83.5 cm³/mol. The van der Waals surface area contributed by atoms with Crippen molar-refractivity contribution in [2.24, 2.45) is 11.8 Å². The second-order valence-corrected chi connectivity index (χ2v) is 7.19. The van der Waals surface area contributed by atoms with Crippen LogP contribution in [0.4, 0.5) is 0 Å². The molecule has 0 spiro atoms. The number of nitrogens with one attached hydrogen (secondary N) is 1. The largest absolute Gasteiger partial charge is 0.314 e. The third-order valence-electron chi connectivity index (χ3n) is 5.18. The highest BCUT2D eigenvalue weighted by Crippen LogP contribution is 2.26. The fourth-order valence-corrected chi connectivity index (χ4v) is 3.43. The Morgan fingerprint density at radius 2 is 1.84 bits per heavy atom. The van der Waals surface area contributed by atoms with Crippen LogP contribution < -0.4 is 5.32 Å². The van der Waals surface area contributed by atoms with Gasteiger partial charge >= 0.3 is 0 Å². The van der Waals surface area contributed by atoms with Gasteiger partial charge in [0.2, 0.25) is 0 Å². The van der Waals surface area contributed by atoms with Crippen LogP contribution in [0.5, 0.6) is 0 Å². The fourth-order valence-electron chi connectivity index (χ4n) is 3.43. The van der Waals surface area contributed by atoms with Gasteiger partial charge in [0.25, 0.3) is 0 Å². The van der Waals surface area contributed by atoms with Crippen molar-refractivity contribution in [2.75, 3.05) is 19.6 Å². The lowest BCUT2D eigenvalue weighted by Gasteiger charge is -2.28. The van der Waals surface area contributed by atoms with Crippen LogP contribution in [0.15, 0.2) is 0 Å². The molecule has 1 N–H and O–H groups in total. The molecule has 19 heavy (non-hydrogen) atoms. The van der Waals surface area contributed by atoms with Gasteiger partial charge in [-0.25, -0.2) is 0 Å². The monoisotopic (exact) mass is 266 g/mol. The maximum absolute atomic E-state index is 3.63. The van der Waals surface area contributed by atoms with Gasteiger partial charge in [0.1, 0.15) is 0 Å². The predicted octanol–water partition coefficient (Wildman–Crippen LogP) is 3.67. The number of nitrogens with zero attached hydrogens (tertiary/aromatic N) is 1. The highest BCUT2D eigenvalue weighted by atomic mass is 15.1. The van der Waals surface area contributed by atoms with Gasteiger partial charge in [-0.15, -0.1) is 0 Å². The molecule has 0 bridgehead atoms. The average Bonchev–Trinajstić information content (AvgIpc) is 3.20. The summed E-state index contributed by atoms with van der Waals surface area (Å²) in [7, 11) is 0. The molecular weight excluding hydrogens is 232 g/mol. The SMILES string of the molecule is CC(C)C1CCCN(C(C)CCCNC2CC2)CC1. The molecule has 1 heterocycles. The summed E-state index contributed by atoms with van der Waals surface area (Å²) in [5.74, 6) is 1.84. The molecular formula is C17H34N2. The van der Waals surface area contributed by atoms with E-state index in [4.69, 9.17) is 0 Å². The lowest BCUT2D eigenvalue weighted by molar-refractivity contribution is 0.199. The van der Waals surface area contributed by atoms with E-state index in [1.54, 1.807) is 0 Å². The molecule has 0 aromatic carbocycles. The molecule has 2 unspecified atom stereocenters. The van der Waals surface area contributed by atoms with E-state index in [9.17, 15) is 0 Å². The molecule has 1 saturated heterocycles. The summed E-state index contributed by atoms with van der Waals surface area (Å²) in [6.45, 7) is 11.1. The van der Waals surface area contributed by atoms with Gasteiger partial charge in [0.05, 0.1) is 0 Å². The lowest BCUT2D eigenvalue weighted by atomic mass is 9.89. The van der Waals surface area contributed by atoms with Gasteiger partial charge in [-0.05, 0) is 83.3 Å². The lowest BCUT2D eigenvalue weighted by Crippen LogP contribution is -2.34.